The molecule has 1 aromatic heterocycles. The molecule has 0 aliphatic heterocycles. The Morgan fingerprint density at radius 1 is 1.39 bits per heavy atom. The van der Waals surface area contributed by atoms with Crippen LogP contribution in [0.5, 0.6) is 5.75 Å². The number of halogens is 1. The third-order valence-electron chi connectivity index (χ3n) is 2.21. The smallest absolute Gasteiger partial charge is 0.282 e. The van der Waals surface area contributed by atoms with Crippen LogP contribution in [-0.4, -0.2) is 23.2 Å². The molecule has 2 rings (SSSR count). The van der Waals surface area contributed by atoms with Gasteiger partial charge in [-0.3, -0.25) is 4.79 Å². The zero-order valence-corrected chi connectivity index (χ0v) is 11.1. The number of ether oxygens (including phenoxy) is 1. The molecule has 94 valence electrons. The van der Waals surface area contributed by atoms with Gasteiger partial charge in [0.25, 0.3) is 5.91 Å². The third-order valence-corrected chi connectivity index (χ3v) is 3.22. The highest BCUT2D eigenvalue weighted by Gasteiger charge is 2.11. The summed E-state index contributed by atoms with van der Waals surface area (Å²) in [6, 6.07) is 7.44. The van der Waals surface area contributed by atoms with E-state index in [2.05, 4.69) is 15.5 Å². The standard InChI is InChI=1S/C11H10ClN3O2S/c1-17-8-4-2-7(3-5-8)6-13-9(16)10-14-15-11(12)18-10/h2-5H,6H2,1H3,(H,13,16). The zero-order chi connectivity index (χ0) is 13.0. The number of benzene rings is 1. The molecule has 0 saturated carbocycles. The van der Waals surface area contributed by atoms with Crippen LogP contribution in [0.25, 0.3) is 0 Å². The van der Waals surface area contributed by atoms with Gasteiger partial charge in [-0.15, -0.1) is 10.2 Å². The second-order valence-electron chi connectivity index (χ2n) is 3.39. The van der Waals surface area contributed by atoms with Crippen molar-refractivity contribution in [3.8, 4) is 5.75 Å². The topological polar surface area (TPSA) is 64.1 Å². The maximum Gasteiger partial charge on any atom is 0.282 e. The number of amides is 1. The van der Waals surface area contributed by atoms with Gasteiger partial charge < -0.3 is 10.1 Å². The maximum atomic E-state index is 11.7. The van der Waals surface area contributed by atoms with Crippen LogP contribution in [0.15, 0.2) is 24.3 Å². The molecule has 0 bridgehead atoms. The first-order chi connectivity index (χ1) is 8.69. The average Bonchev–Trinajstić information content (AvgIpc) is 2.83. The fourth-order valence-corrected chi connectivity index (χ4v) is 2.04. The molecule has 0 fully saturated rings. The molecule has 0 radical (unpaired) electrons. The maximum absolute atomic E-state index is 11.7. The van der Waals surface area contributed by atoms with Crippen molar-refractivity contribution in [3.63, 3.8) is 0 Å². The van der Waals surface area contributed by atoms with Crippen LogP contribution >= 0.6 is 22.9 Å². The van der Waals surface area contributed by atoms with Crippen LogP contribution in [-0.2, 0) is 6.54 Å². The normalized spacial score (nSPS) is 10.1. The van der Waals surface area contributed by atoms with Crippen molar-refractivity contribution in [1.29, 1.82) is 0 Å². The Labute approximate surface area is 113 Å². The van der Waals surface area contributed by atoms with Crippen LogP contribution in [0, 0.1) is 0 Å². The van der Waals surface area contributed by atoms with Gasteiger partial charge in [-0.05, 0) is 29.3 Å². The Morgan fingerprint density at radius 3 is 2.67 bits per heavy atom. The van der Waals surface area contributed by atoms with E-state index < -0.39 is 0 Å². The molecule has 0 saturated heterocycles. The summed E-state index contributed by atoms with van der Waals surface area (Å²) in [5.41, 5.74) is 0.972. The predicted octanol–water partition coefficient (Wildman–Crippen LogP) is 2.13. The van der Waals surface area contributed by atoms with E-state index in [1.54, 1.807) is 7.11 Å². The largest absolute Gasteiger partial charge is 0.497 e. The van der Waals surface area contributed by atoms with Gasteiger partial charge in [0.05, 0.1) is 7.11 Å². The van der Waals surface area contributed by atoms with Crippen LogP contribution in [0.4, 0.5) is 0 Å². The summed E-state index contributed by atoms with van der Waals surface area (Å²) in [5.74, 6) is 0.496. The van der Waals surface area contributed by atoms with Crippen LogP contribution in [0.1, 0.15) is 15.4 Å². The lowest BCUT2D eigenvalue weighted by molar-refractivity contribution is 0.0950. The molecule has 0 spiro atoms. The van der Waals surface area contributed by atoms with Crippen molar-refractivity contribution >= 4 is 28.8 Å². The van der Waals surface area contributed by atoms with E-state index >= 15 is 0 Å². The minimum absolute atomic E-state index is 0.254. The summed E-state index contributed by atoms with van der Waals surface area (Å²) in [7, 11) is 1.61. The van der Waals surface area contributed by atoms with Crippen molar-refractivity contribution in [1.82, 2.24) is 15.5 Å². The zero-order valence-electron chi connectivity index (χ0n) is 9.51. The van der Waals surface area contributed by atoms with E-state index in [1.807, 2.05) is 24.3 Å². The molecule has 0 aliphatic carbocycles. The molecule has 1 amide bonds. The molecule has 1 N–H and O–H groups in total. The number of hydrogen-bond acceptors (Lipinski definition) is 5. The lowest BCUT2D eigenvalue weighted by Gasteiger charge is -2.04. The van der Waals surface area contributed by atoms with Gasteiger partial charge in [0, 0.05) is 6.54 Å². The second kappa shape index (κ2) is 5.79. The summed E-state index contributed by atoms with van der Waals surface area (Å²) >= 11 is 6.65. The fourth-order valence-electron chi connectivity index (χ4n) is 1.30. The first-order valence-electron chi connectivity index (χ1n) is 5.09. The Balaban J connectivity index is 1.92. The summed E-state index contributed by atoms with van der Waals surface area (Å²) in [6.45, 7) is 0.417. The third kappa shape index (κ3) is 3.18. The molecule has 0 aliphatic rings. The van der Waals surface area contributed by atoms with Gasteiger partial charge in [-0.2, -0.15) is 0 Å². The first kappa shape index (κ1) is 12.8. The van der Waals surface area contributed by atoms with E-state index in [4.69, 9.17) is 16.3 Å². The van der Waals surface area contributed by atoms with Crippen molar-refractivity contribution in [3.05, 3.63) is 39.3 Å². The minimum atomic E-state index is -0.282. The van der Waals surface area contributed by atoms with Crippen molar-refractivity contribution in [2.45, 2.75) is 6.54 Å². The van der Waals surface area contributed by atoms with E-state index in [0.717, 1.165) is 22.6 Å². The average molecular weight is 284 g/mol. The van der Waals surface area contributed by atoms with Crippen molar-refractivity contribution in [2.75, 3.05) is 7.11 Å². The van der Waals surface area contributed by atoms with Crippen molar-refractivity contribution < 1.29 is 9.53 Å². The van der Waals surface area contributed by atoms with Crippen LogP contribution < -0.4 is 10.1 Å². The molecule has 18 heavy (non-hydrogen) atoms. The van der Waals surface area contributed by atoms with Crippen LogP contribution in [0.2, 0.25) is 4.47 Å². The van der Waals surface area contributed by atoms with E-state index in [0.29, 0.717) is 6.54 Å². The molecule has 1 aromatic carbocycles. The lowest BCUT2D eigenvalue weighted by atomic mass is 10.2. The van der Waals surface area contributed by atoms with Gasteiger partial charge >= 0.3 is 0 Å². The Morgan fingerprint density at radius 2 is 2.11 bits per heavy atom. The molecule has 2 aromatic rings. The minimum Gasteiger partial charge on any atom is -0.497 e. The number of nitrogens with zero attached hydrogens (tertiary/aromatic N) is 2. The molecule has 0 unspecified atom stereocenters. The highest BCUT2D eigenvalue weighted by Crippen LogP contribution is 2.15. The molecular formula is C11H10ClN3O2S. The van der Waals surface area contributed by atoms with Gasteiger partial charge in [-0.1, -0.05) is 23.5 Å². The Bertz CT molecular complexity index is 541. The van der Waals surface area contributed by atoms with Gasteiger partial charge in [-0.25, -0.2) is 0 Å². The van der Waals surface area contributed by atoms with Crippen LogP contribution in [0.3, 0.4) is 0 Å². The molecule has 1 heterocycles. The number of methoxy groups -OCH3 is 1. The highest BCUT2D eigenvalue weighted by molar-refractivity contribution is 7.17. The van der Waals surface area contributed by atoms with E-state index in [-0.39, 0.29) is 15.4 Å². The number of carbonyl (C=O) groups excluding carboxylic acids is 1. The highest BCUT2D eigenvalue weighted by atomic mass is 35.5. The predicted molar refractivity (Wildman–Crippen MR) is 69.1 cm³/mol. The number of hydrogen-bond donors (Lipinski definition) is 1. The molecular weight excluding hydrogens is 274 g/mol. The van der Waals surface area contributed by atoms with Gasteiger partial charge in [0.2, 0.25) is 9.47 Å². The molecule has 5 nitrogen and oxygen atoms in total. The summed E-state index contributed by atoms with van der Waals surface area (Å²) in [4.78, 5) is 11.7. The first-order valence-corrected chi connectivity index (χ1v) is 6.28. The Kier molecular flexibility index (Phi) is 4.11. The monoisotopic (exact) mass is 283 g/mol. The molecule has 7 heteroatoms. The Hall–Kier alpha value is -1.66. The quantitative estimate of drug-likeness (QED) is 0.934. The van der Waals surface area contributed by atoms with Crippen molar-refractivity contribution in [2.24, 2.45) is 0 Å². The summed E-state index contributed by atoms with van der Waals surface area (Å²) in [5, 5.41) is 10.2. The summed E-state index contributed by atoms with van der Waals surface area (Å²) in [6.07, 6.45) is 0. The van der Waals surface area contributed by atoms with E-state index in [9.17, 15) is 4.79 Å². The SMILES string of the molecule is COc1ccc(CNC(=O)c2nnc(Cl)s2)cc1. The summed E-state index contributed by atoms with van der Waals surface area (Å²) < 4.78 is 5.30. The number of nitrogens with one attached hydrogen (secondary N) is 1. The van der Waals surface area contributed by atoms with E-state index in [1.165, 1.54) is 0 Å². The van der Waals surface area contributed by atoms with Gasteiger partial charge in [0.1, 0.15) is 5.75 Å². The molecule has 0 atom stereocenters. The van der Waals surface area contributed by atoms with Gasteiger partial charge in [0.15, 0.2) is 0 Å². The number of rotatable bonds is 4. The number of aromatic nitrogens is 2. The second-order valence-corrected chi connectivity index (χ2v) is 4.95. The lowest BCUT2D eigenvalue weighted by Crippen LogP contribution is -2.22. The number of carbonyl (C=O) groups is 1. The fraction of sp³-hybridized carbons (Fsp3) is 0.182.